The summed E-state index contributed by atoms with van der Waals surface area (Å²) in [5, 5.41) is 31.2. The first-order valence-corrected chi connectivity index (χ1v) is 11.2. The Bertz CT molecular complexity index is 1180. The molecule has 10 nitrogen and oxygen atoms in total. The number of amides is 1. The largest absolute Gasteiger partial charge is 0.475 e. The van der Waals surface area contributed by atoms with Gasteiger partial charge in [-0.25, -0.2) is 4.39 Å². The van der Waals surface area contributed by atoms with E-state index in [4.69, 9.17) is 9.84 Å². The molecule has 1 aromatic carbocycles. The van der Waals surface area contributed by atoms with Gasteiger partial charge in [0.05, 0.1) is 30.8 Å². The third-order valence-corrected chi connectivity index (χ3v) is 5.89. The molecule has 0 bridgehead atoms. The number of hydrogen-bond acceptors (Lipinski definition) is 8. The van der Waals surface area contributed by atoms with Crippen LogP contribution in [0.25, 0.3) is 0 Å². The van der Waals surface area contributed by atoms with Crippen molar-refractivity contribution in [3.8, 4) is 11.9 Å². The lowest BCUT2D eigenvalue weighted by molar-refractivity contribution is 0.0883. The number of anilines is 3. The summed E-state index contributed by atoms with van der Waals surface area (Å²) in [7, 11) is 0. The molecule has 0 spiro atoms. The number of rotatable bonds is 9. The van der Waals surface area contributed by atoms with Crippen molar-refractivity contribution >= 4 is 23.2 Å². The molecule has 0 atom stereocenters. The number of nitriles is 1. The van der Waals surface area contributed by atoms with Crippen molar-refractivity contribution in [2.24, 2.45) is 0 Å². The molecule has 1 fully saturated rings. The number of carbonyl (C=O) groups is 1. The molecule has 0 saturated carbocycles. The number of nitrogens with zero attached hydrogens (tertiary/aromatic N) is 4. The van der Waals surface area contributed by atoms with Gasteiger partial charge in [0, 0.05) is 24.8 Å². The number of pyridine rings is 1. The Kier molecular flexibility index (Phi) is 7.42. The summed E-state index contributed by atoms with van der Waals surface area (Å²) >= 11 is 0. The summed E-state index contributed by atoms with van der Waals surface area (Å²) in [4.78, 5) is 19.7. The lowest BCUT2D eigenvalue weighted by atomic mass is 9.84. The molecule has 0 radical (unpaired) electrons. The normalized spacial score (nSPS) is 14.7. The third-order valence-electron chi connectivity index (χ3n) is 5.89. The number of piperidine rings is 1. The Morgan fingerprint density at radius 2 is 2.03 bits per heavy atom. The van der Waals surface area contributed by atoms with Crippen molar-refractivity contribution in [2.75, 3.05) is 36.5 Å². The van der Waals surface area contributed by atoms with E-state index < -0.39 is 5.54 Å². The van der Waals surface area contributed by atoms with Crippen molar-refractivity contribution in [1.82, 2.24) is 20.5 Å². The first kappa shape index (κ1) is 24.0. The van der Waals surface area contributed by atoms with Crippen LogP contribution in [0.4, 0.5) is 21.7 Å². The minimum Gasteiger partial charge on any atom is -0.475 e. The predicted octanol–water partition coefficient (Wildman–Crippen LogP) is 2.74. The van der Waals surface area contributed by atoms with Gasteiger partial charge in [-0.05, 0) is 43.2 Å². The zero-order valence-electron chi connectivity index (χ0n) is 19.0. The highest BCUT2D eigenvalue weighted by Crippen LogP contribution is 2.30. The van der Waals surface area contributed by atoms with Crippen LogP contribution in [0.5, 0.6) is 5.88 Å². The third kappa shape index (κ3) is 5.85. The van der Waals surface area contributed by atoms with E-state index in [2.05, 4.69) is 36.8 Å². The van der Waals surface area contributed by atoms with Crippen LogP contribution in [0.15, 0.2) is 48.7 Å². The van der Waals surface area contributed by atoms with Gasteiger partial charge >= 0.3 is 0 Å². The highest BCUT2D eigenvalue weighted by molar-refractivity contribution is 5.99. The zero-order valence-corrected chi connectivity index (χ0v) is 19.0. The van der Waals surface area contributed by atoms with E-state index in [1.165, 1.54) is 18.3 Å². The van der Waals surface area contributed by atoms with Gasteiger partial charge in [-0.3, -0.25) is 9.89 Å². The summed E-state index contributed by atoms with van der Waals surface area (Å²) in [5.41, 5.74) is 0.199. The quantitative estimate of drug-likeness (QED) is 0.367. The fourth-order valence-corrected chi connectivity index (χ4v) is 4.01. The van der Waals surface area contributed by atoms with Crippen molar-refractivity contribution in [3.05, 3.63) is 60.0 Å². The number of aliphatic hydroxyl groups excluding tert-OH is 1. The number of ether oxygens (including phenoxy) is 1. The van der Waals surface area contributed by atoms with Crippen LogP contribution >= 0.6 is 0 Å². The molecule has 1 aliphatic heterocycles. The number of H-pyrrole nitrogens is 1. The second kappa shape index (κ2) is 10.8. The minimum absolute atomic E-state index is 0.0935. The summed E-state index contributed by atoms with van der Waals surface area (Å²) in [6, 6.07) is 13.4. The summed E-state index contributed by atoms with van der Waals surface area (Å²) < 4.78 is 18.6. The maximum Gasteiger partial charge on any atom is 0.257 e. The lowest BCUT2D eigenvalue weighted by Crippen LogP contribution is -2.55. The number of aliphatic hydroxyl groups is 1. The minimum atomic E-state index is -0.697. The molecule has 35 heavy (non-hydrogen) atoms. The molecule has 4 N–H and O–H groups in total. The maximum absolute atomic E-state index is 13.2. The number of carbonyl (C=O) groups excluding carboxylic acids is 1. The average Bonchev–Trinajstić information content (AvgIpc) is 3.33. The molecular formula is C24H26FN7O3. The summed E-state index contributed by atoms with van der Waals surface area (Å²) in [6.45, 7) is 1.25. The standard InChI is InChI=1S/C24H26FN7O3/c25-17-4-6-18(7-5-17)28-22-19(16-27-31-22)23(34)30-24(8-11-26)9-12-32(13-10-24)20-2-1-3-21(29-20)35-15-14-33/h1-7,16,33H,8-10,12-15H2,(H,30,34)(H2,27,28,31). The molecule has 1 aliphatic rings. The van der Waals surface area contributed by atoms with Crippen LogP contribution in [0.3, 0.4) is 0 Å². The van der Waals surface area contributed by atoms with Crippen molar-refractivity contribution < 1.29 is 19.0 Å². The van der Waals surface area contributed by atoms with Crippen molar-refractivity contribution in [3.63, 3.8) is 0 Å². The fourth-order valence-electron chi connectivity index (χ4n) is 4.01. The van der Waals surface area contributed by atoms with Crippen molar-refractivity contribution in [1.29, 1.82) is 5.26 Å². The van der Waals surface area contributed by atoms with Gasteiger partial charge in [-0.15, -0.1) is 0 Å². The van der Waals surface area contributed by atoms with Gasteiger partial charge in [0.2, 0.25) is 5.88 Å². The second-order valence-corrected chi connectivity index (χ2v) is 8.25. The van der Waals surface area contributed by atoms with Crippen LogP contribution in [-0.2, 0) is 0 Å². The van der Waals surface area contributed by atoms with E-state index in [1.807, 2.05) is 12.1 Å². The van der Waals surface area contributed by atoms with Gasteiger partial charge in [0.25, 0.3) is 5.91 Å². The fraction of sp³-hybridized carbons (Fsp3) is 0.333. The molecule has 0 aliphatic carbocycles. The predicted molar refractivity (Wildman–Crippen MR) is 127 cm³/mol. The molecular weight excluding hydrogens is 453 g/mol. The number of hydrogen-bond donors (Lipinski definition) is 4. The van der Waals surface area contributed by atoms with Crippen LogP contribution < -0.4 is 20.3 Å². The van der Waals surface area contributed by atoms with E-state index in [0.29, 0.717) is 48.9 Å². The Balaban J connectivity index is 1.43. The van der Waals surface area contributed by atoms with Gasteiger partial charge in [-0.1, -0.05) is 6.07 Å². The van der Waals surface area contributed by atoms with Gasteiger partial charge in [0.15, 0.2) is 0 Å². The monoisotopic (exact) mass is 479 g/mol. The molecule has 3 heterocycles. The van der Waals surface area contributed by atoms with Gasteiger partial charge in [-0.2, -0.15) is 15.3 Å². The first-order valence-electron chi connectivity index (χ1n) is 11.2. The van der Waals surface area contributed by atoms with Gasteiger partial charge in [0.1, 0.15) is 29.6 Å². The van der Waals surface area contributed by atoms with E-state index in [1.54, 1.807) is 18.2 Å². The molecule has 11 heteroatoms. The molecule has 0 unspecified atom stereocenters. The van der Waals surface area contributed by atoms with Crippen LogP contribution in [0.2, 0.25) is 0 Å². The lowest BCUT2D eigenvalue weighted by Gasteiger charge is -2.41. The van der Waals surface area contributed by atoms with Crippen molar-refractivity contribution in [2.45, 2.75) is 24.8 Å². The smallest absolute Gasteiger partial charge is 0.257 e. The molecule has 4 rings (SSSR count). The zero-order chi connectivity index (χ0) is 24.7. The molecule has 182 valence electrons. The van der Waals surface area contributed by atoms with Crippen LogP contribution in [-0.4, -0.2) is 58.0 Å². The Hall–Kier alpha value is -4.17. The molecule has 2 aromatic heterocycles. The number of aromatic nitrogens is 3. The molecule has 3 aromatic rings. The first-order chi connectivity index (χ1) is 17.0. The number of benzene rings is 1. The van der Waals surface area contributed by atoms with E-state index in [-0.39, 0.29) is 31.4 Å². The SMILES string of the molecule is N#CCC1(NC(=O)c2cn[nH]c2Nc2ccc(F)cc2)CCN(c2cccc(OCCO)n2)CC1. The van der Waals surface area contributed by atoms with E-state index in [0.717, 1.165) is 5.82 Å². The number of nitrogens with one attached hydrogen (secondary N) is 3. The molecule has 1 amide bonds. The molecule has 1 saturated heterocycles. The van der Waals surface area contributed by atoms with Crippen LogP contribution in [0.1, 0.15) is 29.6 Å². The number of halogens is 1. The second-order valence-electron chi connectivity index (χ2n) is 8.25. The van der Waals surface area contributed by atoms with E-state index in [9.17, 15) is 14.4 Å². The highest BCUT2D eigenvalue weighted by Gasteiger charge is 2.37. The Labute approximate surface area is 201 Å². The Morgan fingerprint density at radius 3 is 2.74 bits per heavy atom. The highest BCUT2D eigenvalue weighted by atomic mass is 19.1. The number of aromatic amines is 1. The summed E-state index contributed by atoms with van der Waals surface area (Å²) in [6.07, 6.45) is 2.68. The topological polar surface area (TPSA) is 139 Å². The maximum atomic E-state index is 13.2. The Morgan fingerprint density at radius 1 is 1.26 bits per heavy atom. The summed E-state index contributed by atoms with van der Waals surface area (Å²) in [5.74, 6) is 0.826. The average molecular weight is 480 g/mol. The van der Waals surface area contributed by atoms with Gasteiger partial charge < -0.3 is 25.4 Å². The van der Waals surface area contributed by atoms with Crippen LogP contribution in [0, 0.1) is 17.1 Å². The van der Waals surface area contributed by atoms with E-state index >= 15 is 0 Å².